The van der Waals surface area contributed by atoms with Crippen LogP contribution in [0.4, 0.5) is 4.79 Å². The van der Waals surface area contributed by atoms with Crippen LogP contribution in [0.3, 0.4) is 0 Å². The van der Waals surface area contributed by atoms with E-state index >= 15 is 0 Å². The van der Waals surface area contributed by atoms with Gasteiger partial charge in [0.15, 0.2) is 0 Å². The molecule has 112 valence electrons. The van der Waals surface area contributed by atoms with Gasteiger partial charge in [-0.15, -0.1) is 11.3 Å². The predicted molar refractivity (Wildman–Crippen MR) is 79.8 cm³/mol. The van der Waals surface area contributed by atoms with Crippen molar-refractivity contribution in [3.8, 4) is 0 Å². The summed E-state index contributed by atoms with van der Waals surface area (Å²) in [7, 11) is 0. The predicted octanol–water partition coefficient (Wildman–Crippen LogP) is 2.31. The minimum absolute atomic E-state index is 0.0221. The quantitative estimate of drug-likeness (QED) is 0.696. The van der Waals surface area contributed by atoms with E-state index in [-0.39, 0.29) is 12.1 Å². The number of furan rings is 1. The van der Waals surface area contributed by atoms with E-state index in [0.29, 0.717) is 5.76 Å². The minimum atomic E-state index is -0.745. The number of thiophene rings is 1. The highest BCUT2D eigenvalue weighted by molar-refractivity contribution is 7.12. The molecule has 0 spiro atoms. The van der Waals surface area contributed by atoms with Crippen LogP contribution in [-0.4, -0.2) is 22.7 Å². The third-order valence-electron chi connectivity index (χ3n) is 3.13. The van der Waals surface area contributed by atoms with E-state index < -0.39 is 17.8 Å². The third-order valence-corrected chi connectivity index (χ3v) is 4.08. The summed E-state index contributed by atoms with van der Waals surface area (Å²) in [5.74, 6) is -0.850. The minimum Gasteiger partial charge on any atom is -0.467 e. The normalized spacial score (nSPS) is 17.2. The van der Waals surface area contributed by atoms with Crippen LogP contribution in [0.15, 0.2) is 40.5 Å². The van der Waals surface area contributed by atoms with Gasteiger partial charge in [0, 0.05) is 9.75 Å². The Morgan fingerprint density at radius 3 is 2.73 bits per heavy atom. The Bertz CT molecular complexity index is 773. The Hall–Kier alpha value is -2.67. The van der Waals surface area contributed by atoms with Crippen molar-refractivity contribution >= 4 is 35.3 Å². The Labute approximate surface area is 130 Å². The average Bonchev–Trinajstić information content (AvgIpc) is 3.11. The summed E-state index contributed by atoms with van der Waals surface area (Å²) in [6, 6.07) is 6.29. The maximum atomic E-state index is 12.4. The number of hydrogen-bond donors (Lipinski definition) is 1. The first kappa shape index (κ1) is 14.3. The zero-order valence-corrected chi connectivity index (χ0v) is 12.5. The number of amides is 4. The molecule has 1 saturated heterocycles. The highest BCUT2D eigenvalue weighted by Gasteiger charge is 2.36. The van der Waals surface area contributed by atoms with Crippen molar-refractivity contribution in [2.75, 3.05) is 0 Å². The average molecular weight is 316 g/mol. The van der Waals surface area contributed by atoms with Gasteiger partial charge in [0.05, 0.1) is 12.8 Å². The molecule has 0 radical (unpaired) electrons. The van der Waals surface area contributed by atoms with Crippen molar-refractivity contribution in [2.45, 2.75) is 13.5 Å². The summed E-state index contributed by atoms with van der Waals surface area (Å²) < 4.78 is 5.14. The molecular formula is C15H12N2O4S. The van der Waals surface area contributed by atoms with E-state index in [1.54, 1.807) is 12.1 Å². The van der Waals surface area contributed by atoms with Gasteiger partial charge in [-0.2, -0.15) is 0 Å². The number of barbiturate groups is 1. The van der Waals surface area contributed by atoms with E-state index in [1.807, 2.05) is 19.1 Å². The van der Waals surface area contributed by atoms with E-state index in [0.717, 1.165) is 14.7 Å². The molecule has 0 saturated carbocycles. The summed E-state index contributed by atoms with van der Waals surface area (Å²) >= 11 is 1.46. The van der Waals surface area contributed by atoms with Gasteiger partial charge in [-0.1, -0.05) is 0 Å². The van der Waals surface area contributed by atoms with Crippen LogP contribution in [-0.2, 0) is 16.1 Å². The largest absolute Gasteiger partial charge is 0.467 e. The van der Waals surface area contributed by atoms with E-state index in [1.165, 1.54) is 23.7 Å². The fourth-order valence-corrected chi connectivity index (χ4v) is 2.89. The second kappa shape index (κ2) is 5.61. The Morgan fingerprint density at radius 1 is 1.27 bits per heavy atom. The zero-order valence-electron chi connectivity index (χ0n) is 11.7. The molecule has 1 aliphatic rings. The van der Waals surface area contributed by atoms with Gasteiger partial charge >= 0.3 is 6.03 Å². The number of imide groups is 2. The molecule has 0 unspecified atom stereocenters. The van der Waals surface area contributed by atoms with E-state index in [4.69, 9.17) is 4.42 Å². The number of nitrogens with zero attached hydrogens (tertiary/aromatic N) is 1. The van der Waals surface area contributed by atoms with Crippen molar-refractivity contribution in [3.05, 3.63) is 51.6 Å². The second-order valence-electron chi connectivity index (χ2n) is 4.74. The molecule has 3 heterocycles. The van der Waals surface area contributed by atoms with Gasteiger partial charge in [0.2, 0.25) is 0 Å². The fraction of sp³-hybridized carbons (Fsp3) is 0.133. The van der Waals surface area contributed by atoms with Gasteiger partial charge in [0.25, 0.3) is 11.8 Å². The van der Waals surface area contributed by atoms with Crippen molar-refractivity contribution in [1.82, 2.24) is 10.2 Å². The summed E-state index contributed by atoms with van der Waals surface area (Å²) in [5.41, 5.74) is -0.0620. The number of rotatable bonds is 3. The standard InChI is InChI=1S/C15H12N2O4S/c1-9-4-5-11(22-9)7-12-13(18)16-15(20)17(14(12)19)8-10-3-2-6-21-10/h2-7H,8H2,1H3,(H,16,18,20). The number of carbonyl (C=O) groups is 3. The first-order valence-electron chi connectivity index (χ1n) is 6.52. The molecular weight excluding hydrogens is 304 g/mol. The number of carbonyl (C=O) groups excluding carboxylic acids is 3. The van der Waals surface area contributed by atoms with Crippen LogP contribution in [0.1, 0.15) is 15.5 Å². The van der Waals surface area contributed by atoms with Crippen molar-refractivity contribution in [2.24, 2.45) is 0 Å². The lowest BCUT2D eigenvalue weighted by molar-refractivity contribution is -0.130. The lowest BCUT2D eigenvalue weighted by Gasteiger charge is -2.25. The molecule has 0 aromatic carbocycles. The van der Waals surface area contributed by atoms with Crippen molar-refractivity contribution in [3.63, 3.8) is 0 Å². The smallest absolute Gasteiger partial charge is 0.331 e. The first-order chi connectivity index (χ1) is 10.5. The van der Waals surface area contributed by atoms with Crippen LogP contribution in [0.25, 0.3) is 6.08 Å². The monoisotopic (exact) mass is 316 g/mol. The molecule has 1 fully saturated rings. The highest BCUT2D eigenvalue weighted by Crippen LogP contribution is 2.21. The number of hydrogen-bond acceptors (Lipinski definition) is 5. The molecule has 1 aliphatic heterocycles. The van der Waals surface area contributed by atoms with Crippen molar-refractivity contribution in [1.29, 1.82) is 0 Å². The molecule has 3 rings (SSSR count). The third kappa shape index (κ3) is 2.71. The topological polar surface area (TPSA) is 79.6 Å². The Morgan fingerprint density at radius 2 is 2.09 bits per heavy atom. The SMILES string of the molecule is Cc1ccc(C=C2C(=O)NC(=O)N(Cc3ccco3)C2=O)s1. The first-order valence-corrected chi connectivity index (χ1v) is 7.34. The molecule has 0 bridgehead atoms. The van der Waals surface area contributed by atoms with E-state index in [9.17, 15) is 14.4 Å². The van der Waals surface area contributed by atoms with Gasteiger partial charge in [0.1, 0.15) is 11.3 Å². The lowest BCUT2D eigenvalue weighted by atomic mass is 10.1. The van der Waals surface area contributed by atoms with Crippen LogP contribution in [0, 0.1) is 6.92 Å². The van der Waals surface area contributed by atoms with Crippen LogP contribution in [0.2, 0.25) is 0 Å². The zero-order chi connectivity index (χ0) is 15.7. The molecule has 2 aromatic rings. The molecule has 0 atom stereocenters. The van der Waals surface area contributed by atoms with Gasteiger partial charge < -0.3 is 4.42 Å². The van der Waals surface area contributed by atoms with Gasteiger partial charge in [-0.05, 0) is 37.3 Å². The van der Waals surface area contributed by atoms with Crippen LogP contribution >= 0.6 is 11.3 Å². The van der Waals surface area contributed by atoms with Crippen LogP contribution in [0.5, 0.6) is 0 Å². The maximum absolute atomic E-state index is 12.4. The highest BCUT2D eigenvalue weighted by atomic mass is 32.1. The molecule has 2 aromatic heterocycles. The summed E-state index contributed by atoms with van der Waals surface area (Å²) in [6.07, 6.45) is 2.95. The second-order valence-corrected chi connectivity index (χ2v) is 6.06. The lowest BCUT2D eigenvalue weighted by Crippen LogP contribution is -2.53. The summed E-state index contributed by atoms with van der Waals surface area (Å²) in [4.78, 5) is 39.0. The van der Waals surface area contributed by atoms with Gasteiger partial charge in [-0.25, -0.2) is 4.79 Å². The molecule has 4 amide bonds. The Balaban J connectivity index is 1.90. The fourth-order valence-electron chi connectivity index (χ4n) is 2.07. The molecule has 22 heavy (non-hydrogen) atoms. The Kier molecular flexibility index (Phi) is 3.64. The molecule has 7 heteroatoms. The summed E-state index contributed by atoms with van der Waals surface area (Å²) in [5, 5.41) is 2.17. The number of urea groups is 1. The number of nitrogens with one attached hydrogen (secondary N) is 1. The van der Waals surface area contributed by atoms with E-state index in [2.05, 4.69) is 5.32 Å². The molecule has 6 nitrogen and oxygen atoms in total. The molecule has 1 N–H and O–H groups in total. The van der Waals surface area contributed by atoms with Crippen molar-refractivity contribution < 1.29 is 18.8 Å². The summed E-state index contributed by atoms with van der Waals surface area (Å²) in [6.45, 7) is 1.91. The van der Waals surface area contributed by atoms with Gasteiger partial charge in [-0.3, -0.25) is 19.8 Å². The molecule has 0 aliphatic carbocycles. The van der Waals surface area contributed by atoms with Crippen LogP contribution < -0.4 is 5.32 Å². The maximum Gasteiger partial charge on any atom is 0.331 e. The number of aryl methyl sites for hydroxylation is 1.